The first-order valence-electron chi connectivity index (χ1n) is 9.10. The summed E-state index contributed by atoms with van der Waals surface area (Å²) < 4.78 is 41.1. The zero-order valence-electron chi connectivity index (χ0n) is 16.5. The van der Waals surface area contributed by atoms with Gasteiger partial charge in [-0.05, 0) is 36.8 Å². The third kappa shape index (κ3) is 7.56. The van der Waals surface area contributed by atoms with Crippen molar-refractivity contribution in [3.8, 4) is 5.75 Å². The second-order valence-corrected chi connectivity index (χ2v) is 7.02. The van der Waals surface area contributed by atoms with Gasteiger partial charge in [0.25, 0.3) is 5.91 Å². The molecular formula is C21H23F3N2O3. The van der Waals surface area contributed by atoms with E-state index in [2.05, 4.69) is 15.0 Å². The van der Waals surface area contributed by atoms with Crippen LogP contribution in [0, 0.1) is 12.8 Å². The molecule has 0 radical (unpaired) electrons. The van der Waals surface area contributed by atoms with Gasteiger partial charge < -0.3 is 10.1 Å². The van der Waals surface area contributed by atoms with Crippen molar-refractivity contribution in [1.82, 2.24) is 10.3 Å². The number of aromatic nitrogens is 1. The van der Waals surface area contributed by atoms with Gasteiger partial charge in [-0.3, -0.25) is 14.6 Å². The monoisotopic (exact) mass is 408 g/mol. The van der Waals surface area contributed by atoms with Crippen LogP contribution in [0.25, 0.3) is 0 Å². The first-order valence-corrected chi connectivity index (χ1v) is 9.10. The number of Topliss-reactive ketones (excluding diaryl/α,β-unsaturated/α-hetero) is 1. The summed E-state index contributed by atoms with van der Waals surface area (Å²) in [5, 5.41) is 2.75. The fraction of sp³-hybridized carbons (Fsp3) is 0.381. The van der Waals surface area contributed by atoms with Crippen LogP contribution in [0.15, 0.2) is 36.4 Å². The van der Waals surface area contributed by atoms with Crippen molar-refractivity contribution in [1.29, 1.82) is 0 Å². The molecule has 0 aliphatic rings. The minimum atomic E-state index is -4.39. The van der Waals surface area contributed by atoms with Gasteiger partial charge in [-0.2, -0.15) is 13.2 Å². The lowest BCUT2D eigenvalue weighted by molar-refractivity contribution is -0.153. The van der Waals surface area contributed by atoms with Crippen molar-refractivity contribution in [3.05, 3.63) is 58.9 Å². The summed E-state index contributed by atoms with van der Waals surface area (Å²) in [6.45, 7) is 4.21. The number of ether oxygens (including phenoxy) is 1. The molecule has 1 aromatic heterocycles. The van der Waals surface area contributed by atoms with Gasteiger partial charge in [-0.15, -0.1) is 0 Å². The largest absolute Gasteiger partial charge is 0.484 e. The smallest absolute Gasteiger partial charge is 0.422 e. The van der Waals surface area contributed by atoms with Crippen molar-refractivity contribution in [2.75, 3.05) is 6.61 Å². The number of ketones is 1. The van der Waals surface area contributed by atoms with Gasteiger partial charge in [0, 0.05) is 35.8 Å². The minimum absolute atomic E-state index is 0.0438. The Balaban J connectivity index is 1.96. The van der Waals surface area contributed by atoms with Crippen LogP contribution in [0.2, 0.25) is 0 Å². The molecule has 156 valence electrons. The van der Waals surface area contributed by atoms with E-state index < -0.39 is 12.8 Å². The number of benzene rings is 1. The molecule has 0 atom stereocenters. The molecule has 1 aromatic carbocycles. The van der Waals surface area contributed by atoms with Crippen LogP contribution < -0.4 is 10.1 Å². The normalized spacial score (nSPS) is 11.4. The number of amides is 1. The maximum absolute atomic E-state index is 12.4. The average molecular weight is 408 g/mol. The maximum Gasteiger partial charge on any atom is 0.422 e. The molecule has 0 unspecified atom stereocenters. The fourth-order valence-corrected chi connectivity index (χ4v) is 2.49. The summed E-state index contributed by atoms with van der Waals surface area (Å²) >= 11 is 0. The zero-order chi connectivity index (χ0) is 21.6. The van der Waals surface area contributed by atoms with Crippen molar-refractivity contribution < 1.29 is 27.5 Å². The highest BCUT2D eigenvalue weighted by Gasteiger charge is 2.28. The Labute approximate surface area is 167 Å². The number of hydrogen-bond donors (Lipinski definition) is 1. The number of carbonyl (C=O) groups excluding carboxylic acids is 2. The highest BCUT2D eigenvalue weighted by molar-refractivity contribution is 5.94. The summed E-state index contributed by atoms with van der Waals surface area (Å²) in [4.78, 5) is 28.7. The van der Waals surface area contributed by atoms with Gasteiger partial charge >= 0.3 is 6.18 Å². The standard InChI is InChI=1S/C21H23F3N2O3/c1-13(2)19(27)10-17-9-16(8-14(3)26-17)20(28)25-11-15-4-6-18(7-5-15)29-12-21(22,23)24/h4-9,13H,10-12H2,1-3H3,(H,25,28). The van der Waals surface area contributed by atoms with E-state index >= 15 is 0 Å². The van der Waals surface area contributed by atoms with E-state index in [0.717, 1.165) is 0 Å². The van der Waals surface area contributed by atoms with Crippen LogP contribution in [0.5, 0.6) is 5.75 Å². The Morgan fingerprint density at radius 1 is 1.14 bits per heavy atom. The fourth-order valence-electron chi connectivity index (χ4n) is 2.49. The lowest BCUT2D eigenvalue weighted by Gasteiger charge is -2.11. The summed E-state index contributed by atoms with van der Waals surface area (Å²) in [5.74, 6) is -0.298. The molecule has 0 aliphatic heterocycles. The lowest BCUT2D eigenvalue weighted by atomic mass is 10.0. The van der Waals surface area contributed by atoms with Gasteiger partial charge in [-0.1, -0.05) is 26.0 Å². The molecule has 8 heteroatoms. The molecule has 1 heterocycles. The van der Waals surface area contributed by atoms with Gasteiger partial charge in [-0.25, -0.2) is 0 Å². The van der Waals surface area contributed by atoms with E-state index in [1.54, 1.807) is 31.2 Å². The van der Waals surface area contributed by atoms with Crippen LogP contribution in [-0.2, 0) is 17.8 Å². The Morgan fingerprint density at radius 3 is 2.38 bits per heavy atom. The number of nitrogens with one attached hydrogen (secondary N) is 1. The number of alkyl halides is 3. The Morgan fingerprint density at radius 2 is 1.79 bits per heavy atom. The predicted octanol–water partition coefficient (Wildman–Crippen LogP) is 4.03. The Bertz CT molecular complexity index is 862. The summed E-state index contributed by atoms with van der Waals surface area (Å²) in [6.07, 6.45) is -4.23. The molecule has 2 aromatic rings. The molecule has 5 nitrogen and oxygen atoms in total. The topological polar surface area (TPSA) is 68.3 Å². The molecule has 0 spiro atoms. The molecule has 0 bridgehead atoms. The van der Waals surface area contributed by atoms with Gasteiger partial charge in [0.1, 0.15) is 11.5 Å². The number of nitrogens with zero attached hydrogens (tertiary/aromatic N) is 1. The predicted molar refractivity (Wildman–Crippen MR) is 102 cm³/mol. The van der Waals surface area contributed by atoms with Gasteiger partial charge in [0.2, 0.25) is 0 Å². The molecule has 0 saturated carbocycles. The molecule has 1 N–H and O–H groups in total. The second kappa shape index (κ2) is 9.54. The molecule has 0 aliphatic carbocycles. The number of hydrogen-bond acceptors (Lipinski definition) is 4. The minimum Gasteiger partial charge on any atom is -0.484 e. The SMILES string of the molecule is Cc1cc(C(=O)NCc2ccc(OCC(F)(F)F)cc2)cc(CC(=O)C(C)C)n1. The van der Waals surface area contributed by atoms with E-state index in [1.807, 2.05) is 13.8 Å². The summed E-state index contributed by atoms with van der Waals surface area (Å²) in [5.41, 5.74) is 2.28. The molecule has 2 rings (SSSR count). The van der Waals surface area contributed by atoms with Crippen molar-refractivity contribution in [2.24, 2.45) is 5.92 Å². The third-order valence-corrected chi connectivity index (χ3v) is 4.05. The molecule has 0 saturated heterocycles. The van der Waals surface area contributed by atoms with E-state index in [0.29, 0.717) is 22.5 Å². The van der Waals surface area contributed by atoms with Crippen molar-refractivity contribution >= 4 is 11.7 Å². The quantitative estimate of drug-likeness (QED) is 0.716. The number of rotatable bonds is 8. The number of halogens is 3. The highest BCUT2D eigenvalue weighted by atomic mass is 19.4. The summed E-state index contributed by atoms with van der Waals surface area (Å²) in [6, 6.07) is 9.22. The van der Waals surface area contributed by atoms with E-state index in [4.69, 9.17) is 0 Å². The Hall–Kier alpha value is -2.90. The summed E-state index contributed by atoms with van der Waals surface area (Å²) in [7, 11) is 0. The average Bonchev–Trinajstić information content (AvgIpc) is 2.64. The molecular weight excluding hydrogens is 385 g/mol. The van der Waals surface area contributed by atoms with Crippen LogP contribution in [0.1, 0.15) is 41.2 Å². The third-order valence-electron chi connectivity index (χ3n) is 4.05. The molecule has 29 heavy (non-hydrogen) atoms. The van der Waals surface area contributed by atoms with Crippen LogP contribution in [-0.4, -0.2) is 29.5 Å². The molecule has 1 amide bonds. The van der Waals surface area contributed by atoms with Crippen LogP contribution in [0.3, 0.4) is 0 Å². The second-order valence-electron chi connectivity index (χ2n) is 7.02. The van der Waals surface area contributed by atoms with Crippen molar-refractivity contribution in [3.63, 3.8) is 0 Å². The van der Waals surface area contributed by atoms with Crippen LogP contribution >= 0.6 is 0 Å². The highest BCUT2D eigenvalue weighted by Crippen LogP contribution is 2.19. The number of pyridine rings is 1. The zero-order valence-corrected chi connectivity index (χ0v) is 16.5. The number of carbonyl (C=O) groups is 2. The first kappa shape index (κ1) is 22.4. The molecule has 0 fully saturated rings. The van der Waals surface area contributed by atoms with Gasteiger partial charge in [0.15, 0.2) is 6.61 Å². The van der Waals surface area contributed by atoms with Crippen LogP contribution in [0.4, 0.5) is 13.2 Å². The van der Waals surface area contributed by atoms with Crippen molar-refractivity contribution in [2.45, 2.75) is 39.9 Å². The maximum atomic E-state index is 12.4. The van der Waals surface area contributed by atoms with E-state index in [-0.39, 0.29) is 36.3 Å². The lowest BCUT2D eigenvalue weighted by Crippen LogP contribution is -2.23. The van der Waals surface area contributed by atoms with E-state index in [9.17, 15) is 22.8 Å². The first-order chi connectivity index (χ1) is 13.5. The van der Waals surface area contributed by atoms with E-state index in [1.165, 1.54) is 12.1 Å². The van der Waals surface area contributed by atoms with Gasteiger partial charge in [0.05, 0.1) is 0 Å². The number of aryl methyl sites for hydroxylation is 1. The Kier molecular flexibility index (Phi) is 7.36.